The van der Waals surface area contributed by atoms with Crippen LogP contribution in [-0.4, -0.2) is 20.4 Å². The molecule has 0 aliphatic carbocycles. The van der Waals surface area contributed by atoms with Crippen molar-refractivity contribution in [3.8, 4) is 11.1 Å². The molecule has 4 heteroatoms. The molecule has 2 rings (SSSR count). The standard InChI is InChI=1S/C8H10N4/c1-5-8(6(2)12-11-5)7-3-9-10-4-7/h3-4H,1-2H3,(H,9,10)(H,11,12). The second-order valence-electron chi connectivity index (χ2n) is 2.80. The summed E-state index contributed by atoms with van der Waals surface area (Å²) >= 11 is 0. The van der Waals surface area contributed by atoms with Crippen molar-refractivity contribution in [3.63, 3.8) is 0 Å². The first-order chi connectivity index (χ1) is 5.79. The topological polar surface area (TPSA) is 57.4 Å². The molecule has 0 unspecified atom stereocenters. The minimum Gasteiger partial charge on any atom is -0.285 e. The van der Waals surface area contributed by atoms with Crippen molar-refractivity contribution >= 4 is 0 Å². The lowest BCUT2D eigenvalue weighted by Gasteiger charge is -1.93. The summed E-state index contributed by atoms with van der Waals surface area (Å²) in [6.07, 6.45) is 3.66. The fraction of sp³-hybridized carbons (Fsp3) is 0.250. The first-order valence-electron chi connectivity index (χ1n) is 3.80. The van der Waals surface area contributed by atoms with Crippen LogP contribution in [0.15, 0.2) is 12.4 Å². The van der Waals surface area contributed by atoms with Gasteiger partial charge in [-0.1, -0.05) is 0 Å². The van der Waals surface area contributed by atoms with Gasteiger partial charge >= 0.3 is 0 Å². The van der Waals surface area contributed by atoms with Gasteiger partial charge in [-0.05, 0) is 13.8 Å². The summed E-state index contributed by atoms with van der Waals surface area (Å²) in [6.45, 7) is 3.98. The van der Waals surface area contributed by atoms with Gasteiger partial charge in [-0.3, -0.25) is 10.2 Å². The van der Waals surface area contributed by atoms with Gasteiger partial charge in [0, 0.05) is 23.0 Å². The van der Waals surface area contributed by atoms with Crippen LogP contribution in [0.1, 0.15) is 11.4 Å². The maximum Gasteiger partial charge on any atom is 0.0673 e. The first kappa shape index (κ1) is 7.09. The van der Waals surface area contributed by atoms with E-state index in [9.17, 15) is 0 Å². The molecule has 0 amide bonds. The van der Waals surface area contributed by atoms with E-state index in [2.05, 4.69) is 20.4 Å². The van der Waals surface area contributed by atoms with Gasteiger partial charge in [-0.15, -0.1) is 0 Å². The largest absolute Gasteiger partial charge is 0.285 e. The molecule has 0 atom stereocenters. The Kier molecular flexibility index (Phi) is 1.46. The fourth-order valence-electron chi connectivity index (χ4n) is 1.36. The molecule has 0 bridgehead atoms. The van der Waals surface area contributed by atoms with Crippen molar-refractivity contribution in [1.82, 2.24) is 20.4 Å². The summed E-state index contributed by atoms with van der Waals surface area (Å²) in [6, 6.07) is 0. The normalized spacial score (nSPS) is 10.5. The number of aromatic nitrogens is 4. The Morgan fingerprint density at radius 2 is 2.17 bits per heavy atom. The van der Waals surface area contributed by atoms with Crippen LogP contribution < -0.4 is 0 Å². The highest BCUT2D eigenvalue weighted by molar-refractivity contribution is 5.66. The monoisotopic (exact) mass is 162 g/mol. The summed E-state index contributed by atoms with van der Waals surface area (Å²) in [7, 11) is 0. The van der Waals surface area contributed by atoms with E-state index in [0.29, 0.717) is 0 Å². The van der Waals surface area contributed by atoms with Gasteiger partial charge in [0.05, 0.1) is 11.9 Å². The molecule has 0 saturated carbocycles. The van der Waals surface area contributed by atoms with Gasteiger partial charge in [-0.25, -0.2) is 0 Å². The van der Waals surface area contributed by atoms with Crippen LogP contribution >= 0.6 is 0 Å². The molecule has 2 heterocycles. The first-order valence-corrected chi connectivity index (χ1v) is 3.80. The molecule has 4 nitrogen and oxygen atoms in total. The van der Waals surface area contributed by atoms with E-state index in [0.717, 1.165) is 22.5 Å². The number of hydrogen-bond acceptors (Lipinski definition) is 2. The molecule has 12 heavy (non-hydrogen) atoms. The Morgan fingerprint density at radius 3 is 2.67 bits per heavy atom. The zero-order valence-corrected chi connectivity index (χ0v) is 7.05. The molecule has 0 aliphatic rings. The molecule has 0 saturated heterocycles. The molecular weight excluding hydrogens is 152 g/mol. The number of nitrogens with zero attached hydrogens (tertiary/aromatic N) is 2. The van der Waals surface area contributed by atoms with Gasteiger partial charge in [0.25, 0.3) is 0 Å². The van der Waals surface area contributed by atoms with E-state index in [-0.39, 0.29) is 0 Å². The summed E-state index contributed by atoms with van der Waals surface area (Å²) in [4.78, 5) is 0. The highest BCUT2D eigenvalue weighted by atomic mass is 15.1. The molecule has 2 aromatic rings. The number of aryl methyl sites for hydroxylation is 2. The van der Waals surface area contributed by atoms with Gasteiger partial charge in [0.1, 0.15) is 0 Å². The second kappa shape index (κ2) is 2.48. The van der Waals surface area contributed by atoms with Gasteiger partial charge in [0.2, 0.25) is 0 Å². The molecule has 0 spiro atoms. The fourth-order valence-corrected chi connectivity index (χ4v) is 1.36. The lowest BCUT2D eigenvalue weighted by Crippen LogP contribution is -1.77. The van der Waals surface area contributed by atoms with E-state index in [1.54, 1.807) is 6.20 Å². The summed E-state index contributed by atoms with van der Waals surface area (Å²) in [5, 5.41) is 13.7. The number of rotatable bonds is 1. The summed E-state index contributed by atoms with van der Waals surface area (Å²) < 4.78 is 0. The third-order valence-electron chi connectivity index (χ3n) is 1.92. The van der Waals surface area contributed by atoms with E-state index >= 15 is 0 Å². The highest BCUT2D eigenvalue weighted by Crippen LogP contribution is 2.23. The summed E-state index contributed by atoms with van der Waals surface area (Å²) in [5.41, 5.74) is 4.31. The Hall–Kier alpha value is -1.58. The zero-order chi connectivity index (χ0) is 8.55. The summed E-state index contributed by atoms with van der Waals surface area (Å²) in [5.74, 6) is 0. The number of H-pyrrole nitrogens is 2. The van der Waals surface area contributed by atoms with Gasteiger partial charge < -0.3 is 0 Å². The van der Waals surface area contributed by atoms with Crippen LogP contribution in [0.3, 0.4) is 0 Å². The van der Waals surface area contributed by atoms with Crippen LogP contribution in [-0.2, 0) is 0 Å². The van der Waals surface area contributed by atoms with Crippen molar-refractivity contribution in [2.45, 2.75) is 13.8 Å². The third-order valence-corrected chi connectivity index (χ3v) is 1.92. The molecule has 0 aromatic carbocycles. The second-order valence-corrected chi connectivity index (χ2v) is 2.80. The van der Waals surface area contributed by atoms with Crippen molar-refractivity contribution < 1.29 is 0 Å². The molecule has 2 aromatic heterocycles. The van der Waals surface area contributed by atoms with Crippen molar-refractivity contribution in [2.75, 3.05) is 0 Å². The van der Waals surface area contributed by atoms with Crippen LogP contribution in [0.5, 0.6) is 0 Å². The Morgan fingerprint density at radius 1 is 1.33 bits per heavy atom. The number of aromatic amines is 2. The quantitative estimate of drug-likeness (QED) is 0.666. The predicted molar refractivity (Wildman–Crippen MR) is 45.6 cm³/mol. The third kappa shape index (κ3) is 0.922. The van der Waals surface area contributed by atoms with Gasteiger partial charge in [0.15, 0.2) is 0 Å². The SMILES string of the molecule is Cc1n[nH]c(C)c1-c1cn[nH]c1. The average molecular weight is 162 g/mol. The number of hydrogen-bond donors (Lipinski definition) is 2. The molecule has 0 fully saturated rings. The van der Waals surface area contributed by atoms with Crippen LogP contribution in [0.4, 0.5) is 0 Å². The van der Waals surface area contributed by atoms with Crippen molar-refractivity contribution in [2.24, 2.45) is 0 Å². The lowest BCUT2D eigenvalue weighted by atomic mass is 10.1. The zero-order valence-electron chi connectivity index (χ0n) is 7.05. The van der Waals surface area contributed by atoms with Crippen LogP contribution in [0.2, 0.25) is 0 Å². The Labute approximate surface area is 70.0 Å². The van der Waals surface area contributed by atoms with E-state index in [4.69, 9.17) is 0 Å². The Balaban J connectivity index is 2.60. The van der Waals surface area contributed by atoms with E-state index < -0.39 is 0 Å². The van der Waals surface area contributed by atoms with E-state index in [1.165, 1.54) is 0 Å². The molecule has 62 valence electrons. The smallest absolute Gasteiger partial charge is 0.0673 e. The van der Waals surface area contributed by atoms with Crippen LogP contribution in [0, 0.1) is 13.8 Å². The molecule has 2 N–H and O–H groups in total. The lowest BCUT2D eigenvalue weighted by molar-refractivity contribution is 1.02. The maximum atomic E-state index is 4.11. The predicted octanol–water partition coefficient (Wildman–Crippen LogP) is 1.42. The Bertz CT molecular complexity index is 352. The minimum absolute atomic E-state index is 1.01. The molecule has 0 aliphatic heterocycles. The molecule has 0 radical (unpaired) electrons. The van der Waals surface area contributed by atoms with Crippen molar-refractivity contribution in [3.05, 3.63) is 23.8 Å². The average Bonchev–Trinajstić information content (AvgIpc) is 2.61. The molecular formula is C8H10N4. The number of nitrogens with one attached hydrogen (secondary N) is 2. The van der Waals surface area contributed by atoms with E-state index in [1.807, 2.05) is 20.0 Å². The van der Waals surface area contributed by atoms with Gasteiger partial charge in [-0.2, -0.15) is 10.2 Å². The maximum absolute atomic E-state index is 4.11. The van der Waals surface area contributed by atoms with Crippen molar-refractivity contribution in [1.29, 1.82) is 0 Å². The van der Waals surface area contributed by atoms with Crippen LogP contribution in [0.25, 0.3) is 11.1 Å². The highest BCUT2D eigenvalue weighted by Gasteiger charge is 2.08. The minimum atomic E-state index is 1.01.